The number of nitrogens with zero attached hydrogens (tertiary/aromatic N) is 2. The summed E-state index contributed by atoms with van der Waals surface area (Å²) in [7, 11) is -6.63. The first-order chi connectivity index (χ1) is 22.3. The van der Waals surface area contributed by atoms with Crippen LogP contribution in [-0.4, -0.2) is 53.0 Å². The molecule has 0 aliphatic carbocycles. The van der Waals surface area contributed by atoms with Crippen LogP contribution in [0.25, 0.3) is 16.3 Å². The van der Waals surface area contributed by atoms with E-state index in [1.165, 1.54) is 18.4 Å². The fourth-order valence-electron chi connectivity index (χ4n) is 4.93. The lowest BCUT2D eigenvalue weighted by atomic mass is 10.2. The summed E-state index contributed by atoms with van der Waals surface area (Å²) in [6.07, 6.45) is 5.34. The molecule has 0 saturated carbocycles. The Bertz CT molecular complexity index is 2080. The van der Waals surface area contributed by atoms with Gasteiger partial charge in [-0.2, -0.15) is 4.57 Å². The first-order valence-electron chi connectivity index (χ1n) is 14.5. The van der Waals surface area contributed by atoms with E-state index in [9.17, 15) is 26.2 Å². The van der Waals surface area contributed by atoms with Gasteiger partial charge in [0.1, 0.15) is 10.4 Å². The van der Waals surface area contributed by atoms with Crippen molar-refractivity contribution in [2.45, 2.75) is 36.1 Å². The van der Waals surface area contributed by atoms with Gasteiger partial charge in [-0.05, 0) is 60.9 Å². The van der Waals surface area contributed by atoms with Crippen LogP contribution in [-0.2, 0) is 31.5 Å². The van der Waals surface area contributed by atoms with Crippen molar-refractivity contribution >= 4 is 71.1 Å². The van der Waals surface area contributed by atoms with Gasteiger partial charge in [0.25, 0.3) is 10.9 Å². The average Bonchev–Trinajstić information content (AvgIpc) is 3.51. The Morgan fingerprint density at radius 3 is 2.53 bits per heavy atom. The molecule has 15 heteroatoms. The molecule has 0 fully saturated rings. The molecular formula is C32H33N3O8S4. The van der Waals surface area contributed by atoms with Gasteiger partial charge in [0.05, 0.1) is 35.2 Å². The number of methoxy groups -OCH3 is 1. The average molecular weight is 716 g/mol. The van der Waals surface area contributed by atoms with Gasteiger partial charge in [0, 0.05) is 34.2 Å². The molecule has 0 unspecified atom stereocenters. The van der Waals surface area contributed by atoms with E-state index in [1.807, 2.05) is 89.4 Å². The van der Waals surface area contributed by atoms with Crippen LogP contribution in [0.3, 0.4) is 0 Å². The van der Waals surface area contributed by atoms with Crippen LogP contribution in [0.15, 0.2) is 94.1 Å². The summed E-state index contributed by atoms with van der Waals surface area (Å²) < 4.78 is 74.0. The molecule has 1 amide bonds. The maximum Gasteiger partial charge on any atom is 0.299 e. The number of aromatic nitrogens is 1. The van der Waals surface area contributed by atoms with Gasteiger partial charge >= 0.3 is 0 Å². The molecule has 0 spiro atoms. The lowest BCUT2D eigenvalue weighted by Crippen LogP contribution is -2.45. The summed E-state index contributed by atoms with van der Waals surface area (Å²) >= 11 is 3.01. The molecule has 0 saturated heterocycles. The molecule has 0 radical (unpaired) electrons. The number of nitrogens with one attached hydrogen (secondary N) is 1. The van der Waals surface area contributed by atoms with Crippen molar-refractivity contribution in [1.82, 2.24) is 4.72 Å². The summed E-state index contributed by atoms with van der Waals surface area (Å²) in [4.78, 5) is 16.6. The number of fused-ring (bicyclic) bond motifs is 2. The van der Waals surface area contributed by atoms with Crippen LogP contribution < -0.4 is 23.7 Å². The molecule has 248 valence electrons. The Balaban J connectivity index is 1.53. The van der Waals surface area contributed by atoms with Gasteiger partial charge in [-0.1, -0.05) is 48.2 Å². The molecule has 1 aliphatic heterocycles. The molecule has 1 aromatic heterocycles. The number of rotatable bonds is 13. The highest BCUT2D eigenvalue weighted by Gasteiger charge is 2.28. The Morgan fingerprint density at radius 2 is 1.85 bits per heavy atom. The summed E-state index contributed by atoms with van der Waals surface area (Å²) in [5.41, 5.74) is 2.27. The highest BCUT2D eigenvalue weighted by molar-refractivity contribution is 7.99. The highest BCUT2D eigenvalue weighted by Crippen LogP contribution is 2.43. The first-order valence-corrected chi connectivity index (χ1v) is 19.6. The van der Waals surface area contributed by atoms with Crippen LogP contribution in [0, 0.1) is 0 Å². The topological polar surface area (TPSA) is 146 Å². The number of benzene rings is 3. The molecule has 3 aromatic carbocycles. The number of carbonyl (C=O) groups excluding carboxylic acids is 1. The van der Waals surface area contributed by atoms with Crippen molar-refractivity contribution in [2.75, 3.05) is 30.6 Å². The van der Waals surface area contributed by atoms with E-state index >= 15 is 0 Å². The molecular weight excluding hydrogens is 683 g/mol. The van der Waals surface area contributed by atoms with E-state index < -0.39 is 31.8 Å². The zero-order valence-corrected chi connectivity index (χ0v) is 29.1. The third-order valence-corrected chi connectivity index (χ3v) is 10.5. The second-order valence-electron chi connectivity index (χ2n) is 10.6. The molecule has 47 heavy (non-hydrogen) atoms. The van der Waals surface area contributed by atoms with Crippen molar-refractivity contribution < 1.29 is 40.2 Å². The Morgan fingerprint density at radius 1 is 1.09 bits per heavy atom. The number of amides is 1. The third kappa shape index (κ3) is 9.14. The quantitative estimate of drug-likeness (QED) is 0.150. The predicted octanol–water partition coefficient (Wildman–Crippen LogP) is 4.89. The van der Waals surface area contributed by atoms with Crippen LogP contribution in [0.4, 0.5) is 5.69 Å². The van der Waals surface area contributed by atoms with Crippen molar-refractivity contribution in [3.05, 3.63) is 89.3 Å². The minimum absolute atomic E-state index is 0.0980. The van der Waals surface area contributed by atoms with Gasteiger partial charge in [0.15, 0.2) is 5.75 Å². The van der Waals surface area contributed by atoms with Crippen molar-refractivity contribution in [3.63, 3.8) is 0 Å². The number of ether oxygens (including phenoxy) is 2. The van der Waals surface area contributed by atoms with Crippen molar-refractivity contribution in [3.8, 4) is 11.5 Å². The van der Waals surface area contributed by atoms with E-state index in [2.05, 4.69) is 0 Å². The molecule has 4 aromatic rings. The minimum Gasteiger partial charge on any atom is -0.748 e. The predicted molar refractivity (Wildman–Crippen MR) is 182 cm³/mol. The zero-order valence-electron chi connectivity index (χ0n) is 25.8. The van der Waals surface area contributed by atoms with Gasteiger partial charge in [-0.3, -0.25) is 4.79 Å². The van der Waals surface area contributed by atoms with E-state index in [0.717, 1.165) is 32.0 Å². The monoisotopic (exact) mass is 715 g/mol. The standard InChI is InChI=1S/C32H33N3O8S4/c1-4-22(18-32-35(21-30(36)33-46(3,37)38)27-19-23(42-2)11-14-29(27)45-32)17-31-34(15-8-16-47(39,40)41)26-20-25(12-13-28(26)43-31)44-24-9-6-5-7-10-24/h5-7,9-14,17-20H,4,8,15-16,21H2,1-3H3,(H-,33,36,39,40,41). The largest absolute Gasteiger partial charge is 0.748 e. The van der Waals surface area contributed by atoms with Crippen LogP contribution in [0.1, 0.15) is 24.8 Å². The number of anilines is 1. The van der Waals surface area contributed by atoms with E-state index in [0.29, 0.717) is 34.3 Å². The summed E-state index contributed by atoms with van der Waals surface area (Å²) in [6.45, 7) is 1.94. The molecule has 1 aliphatic rings. The van der Waals surface area contributed by atoms with E-state index in [1.54, 1.807) is 22.4 Å². The Kier molecular flexibility index (Phi) is 10.6. The van der Waals surface area contributed by atoms with Gasteiger partial charge in [-0.15, -0.1) is 0 Å². The fourth-order valence-corrected chi connectivity index (χ4v) is 7.88. The maximum atomic E-state index is 12.7. The summed E-state index contributed by atoms with van der Waals surface area (Å²) in [5, 5.41) is 0.687. The van der Waals surface area contributed by atoms with Crippen LogP contribution >= 0.6 is 23.1 Å². The van der Waals surface area contributed by atoms with Gasteiger partial charge in [0.2, 0.25) is 28.0 Å². The van der Waals surface area contributed by atoms with Crippen molar-refractivity contribution in [2.24, 2.45) is 0 Å². The number of hydrogen-bond acceptors (Lipinski definition) is 11. The molecule has 11 nitrogen and oxygen atoms in total. The number of thiazole rings is 1. The Labute approximate surface area is 282 Å². The Hall–Kier alpha value is -3.89. The smallest absolute Gasteiger partial charge is 0.299 e. The SMILES string of the molecule is CCC(/C=C1\Oc2ccc(Sc3ccccc3)cc2N1CCCS(=O)(=O)[O-])=C\c1sc2ccc(OC)cc2[n+]1CC(=O)NS(C)(=O)=O. The highest BCUT2D eigenvalue weighted by atomic mass is 32.2. The van der Waals surface area contributed by atoms with Crippen LogP contribution in [0.5, 0.6) is 11.5 Å². The third-order valence-electron chi connectivity index (χ3n) is 7.02. The summed E-state index contributed by atoms with van der Waals surface area (Å²) in [6, 6.07) is 21.1. The number of hydrogen-bond donors (Lipinski definition) is 1. The van der Waals surface area contributed by atoms with E-state index in [4.69, 9.17) is 9.47 Å². The minimum atomic E-state index is -4.41. The number of allylic oxidation sites excluding steroid dienone is 2. The van der Waals surface area contributed by atoms with E-state index in [-0.39, 0.29) is 19.5 Å². The second-order valence-corrected chi connectivity index (χ2v) is 16.1. The van der Waals surface area contributed by atoms with Crippen molar-refractivity contribution in [1.29, 1.82) is 0 Å². The molecule has 5 rings (SSSR count). The lowest BCUT2D eigenvalue weighted by molar-refractivity contribution is -0.655. The molecule has 2 heterocycles. The zero-order chi connectivity index (χ0) is 33.8. The second kappa shape index (κ2) is 14.5. The molecule has 1 N–H and O–H groups in total. The van der Waals surface area contributed by atoms with Gasteiger partial charge < -0.3 is 18.9 Å². The summed E-state index contributed by atoms with van der Waals surface area (Å²) in [5.74, 6) is 0.433. The number of sulfonamides is 1. The number of carbonyl (C=O) groups is 1. The van der Waals surface area contributed by atoms with Crippen LogP contribution in [0.2, 0.25) is 0 Å². The molecule has 0 bridgehead atoms. The fraction of sp³-hybridized carbons (Fsp3) is 0.250. The lowest BCUT2D eigenvalue weighted by Gasteiger charge is -2.19. The normalized spacial score (nSPS) is 14.3. The maximum absolute atomic E-state index is 12.7. The van der Waals surface area contributed by atoms with Gasteiger partial charge in [-0.25, -0.2) is 21.6 Å². The first kappa shape index (κ1) is 34.4. The molecule has 0 atom stereocenters.